The van der Waals surface area contributed by atoms with Crippen molar-refractivity contribution in [3.8, 4) is 0 Å². The van der Waals surface area contributed by atoms with E-state index in [0.29, 0.717) is 12.2 Å². The van der Waals surface area contributed by atoms with Crippen molar-refractivity contribution in [3.05, 3.63) is 17.5 Å². The molecule has 1 aromatic rings. The third-order valence-electron chi connectivity index (χ3n) is 2.94. The molecule has 2 N–H and O–H groups in total. The number of thiophene rings is 1. The van der Waals surface area contributed by atoms with E-state index in [2.05, 4.69) is 5.32 Å². The van der Waals surface area contributed by atoms with Crippen LogP contribution in [0.3, 0.4) is 0 Å². The van der Waals surface area contributed by atoms with Crippen LogP contribution in [0.2, 0.25) is 0 Å². The zero-order valence-corrected chi connectivity index (χ0v) is 13.4. The Morgan fingerprint density at radius 3 is 2.75 bits per heavy atom. The summed E-state index contributed by atoms with van der Waals surface area (Å²) < 4.78 is 1.14. The summed E-state index contributed by atoms with van der Waals surface area (Å²) in [6, 6.07) is 4.06. The Hall–Kier alpha value is -1.01. The number of hydrogen-bond acceptors (Lipinski definition) is 4. The molecule has 1 amide bonds. The van der Waals surface area contributed by atoms with Crippen molar-refractivity contribution in [2.45, 2.75) is 43.4 Å². The Kier molecular flexibility index (Phi) is 7.69. The predicted octanol–water partition coefficient (Wildman–Crippen LogP) is 3.24. The summed E-state index contributed by atoms with van der Waals surface area (Å²) in [6.45, 7) is 3.67. The number of aliphatic carboxylic acids is 1. The molecular formula is C14H21NO3S2. The molecule has 0 saturated carbocycles. The van der Waals surface area contributed by atoms with Crippen LogP contribution in [0.1, 0.15) is 33.1 Å². The fourth-order valence-corrected chi connectivity index (χ4v) is 3.32. The molecule has 1 aromatic heterocycles. The Bertz CT molecular complexity index is 420. The number of carbonyl (C=O) groups is 2. The van der Waals surface area contributed by atoms with E-state index in [4.69, 9.17) is 5.11 Å². The largest absolute Gasteiger partial charge is 0.481 e. The van der Waals surface area contributed by atoms with Gasteiger partial charge in [-0.05, 0) is 31.2 Å². The molecule has 0 aliphatic carbocycles. The number of rotatable bonds is 9. The number of carboxylic acid groups (broad SMARTS) is 1. The van der Waals surface area contributed by atoms with Crippen molar-refractivity contribution >= 4 is 35.0 Å². The summed E-state index contributed by atoms with van der Waals surface area (Å²) >= 11 is 3.17. The van der Waals surface area contributed by atoms with Gasteiger partial charge in [0.1, 0.15) is 0 Å². The lowest BCUT2D eigenvalue weighted by Gasteiger charge is -2.14. The summed E-state index contributed by atoms with van der Waals surface area (Å²) in [5.41, 5.74) is 0. The summed E-state index contributed by atoms with van der Waals surface area (Å²) in [7, 11) is 0. The van der Waals surface area contributed by atoms with Crippen LogP contribution in [-0.2, 0) is 9.59 Å². The Morgan fingerprint density at radius 1 is 1.40 bits per heavy atom. The summed E-state index contributed by atoms with van der Waals surface area (Å²) in [5.74, 6) is -0.611. The molecule has 0 aliphatic rings. The van der Waals surface area contributed by atoms with Gasteiger partial charge >= 0.3 is 5.97 Å². The fraction of sp³-hybridized carbons (Fsp3) is 0.571. The second-order valence-electron chi connectivity index (χ2n) is 4.86. The van der Waals surface area contributed by atoms with E-state index < -0.39 is 5.97 Å². The first-order chi connectivity index (χ1) is 9.49. The lowest BCUT2D eigenvalue weighted by Crippen LogP contribution is -2.33. The second kappa shape index (κ2) is 9.02. The smallest absolute Gasteiger partial charge is 0.306 e. The highest BCUT2D eigenvalue weighted by Crippen LogP contribution is 2.22. The van der Waals surface area contributed by atoms with Gasteiger partial charge in [-0.25, -0.2) is 0 Å². The van der Waals surface area contributed by atoms with Gasteiger partial charge in [-0.3, -0.25) is 9.59 Å². The number of thioether (sulfide) groups is 1. The molecule has 4 nitrogen and oxygen atoms in total. The monoisotopic (exact) mass is 315 g/mol. The zero-order valence-electron chi connectivity index (χ0n) is 11.8. The van der Waals surface area contributed by atoms with E-state index in [9.17, 15) is 9.59 Å². The summed E-state index contributed by atoms with van der Waals surface area (Å²) in [6.07, 6.45) is 2.28. The molecule has 6 heteroatoms. The van der Waals surface area contributed by atoms with Crippen molar-refractivity contribution in [1.82, 2.24) is 5.32 Å². The molecule has 20 heavy (non-hydrogen) atoms. The van der Waals surface area contributed by atoms with Crippen LogP contribution in [-0.4, -0.2) is 28.8 Å². The van der Waals surface area contributed by atoms with Gasteiger partial charge in [-0.15, -0.1) is 23.1 Å². The quantitative estimate of drug-likeness (QED) is 0.687. The van der Waals surface area contributed by atoms with E-state index in [1.807, 2.05) is 24.4 Å². The van der Waals surface area contributed by atoms with Crippen LogP contribution >= 0.6 is 23.1 Å². The molecule has 0 aliphatic heterocycles. The highest BCUT2D eigenvalue weighted by atomic mass is 32.2. The van der Waals surface area contributed by atoms with Crippen LogP contribution in [0.15, 0.2) is 21.7 Å². The van der Waals surface area contributed by atoms with E-state index in [-0.39, 0.29) is 17.9 Å². The van der Waals surface area contributed by atoms with Gasteiger partial charge in [0.25, 0.3) is 0 Å². The number of carboxylic acids is 1. The number of nitrogens with one attached hydrogen (secondary N) is 1. The van der Waals surface area contributed by atoms with Crippen LogP contribution in [0.25, 0.3) is 0 Å². The molecule has 0 saturated heterocycles. The number of carbonyl (C=O) groups excluding carboxylic acids is 1. The van der Waals surface area contributed by atoms with Gasteiger partial charge in [-0.1, -0.05) is 19.4 Å². The van der Waals surface area contributed by atoms with Gasteiger partial charge in [0.2, 0.25) is 5.91 Å². The van der Waals surface area contributed by atoms with E-state index >= 15 is 0 Å². The van der Waals surface area contributed by atoms with E-state index in [1.54, 1.807) is 18.3 Å². The molecule has 1 heterocycles. The third kappa shape index (κ3) is 6.96. The molecule has 0 bridgehead atoms. The Labute approximate surface area is 128 Å². The van der Waals surface area contributed by atoms with Crippen molar-refractivity contribution < 1.29 is 14.7 Å². The first-order valence-corrected chi connectivity index (χ1v) is 8.54. The highest BCUT2D eigenvalue weighted by molar-refractivity contribution is 8.01. The van der Waals surface area contributed by atoms with Gasteiger partial charge < -0.3 is 10.4 Å². The van der Waals surface area contributed by atoms with Crippen LogP contribution < -0.4 is 5.32 Å². The molecule has 2 unspecified atom stereocenters. The average molecular weight is 315 g/mol. The minimum atomic E-state index is -0.756. The van der Waals surface area contributed by atoms with Crippen molar-refractivity contribution in [1.29, 1.82) is 0 Å². The first kappa shape index (κ1) is 17.0. The molecule has 0 spiro atoms. The lowest BCUT2D eigenvalue weighted by molar-refractivity contribution is -0.141. The van der Waals surface area contributed by atoms with Gasteiger partial charge in [0.15, 0.2) is 0 Å². The van der Waals surface area contributed by atoms with Gasteiger partial charge in [-0.2, -0.15) is 0 Å². The minimum absolute atomic E-state index is 0.0298. The molecule has 0 radical (unpaired) electrons. The van der Waals surface area contributed by atoms with Gasteiger partial charge in [0, 0.05) is 6.04 Å². The maximum atomic E-state index is 11.7. The normalized spacial score (nSPS) is 13.7. The van der Waals surface area contributed by atoms with Crippen molar-refractivity contribution in [3.63, 3.8) is 0 Å². The van der Waals surface area contributed by atoms with E-state index in [0.717, 1.165) is 17.1 Å². The topological polar surface area (TPSA) is 66.4 Å². The molecular weight excluding hydrogens is 294 g/mol. The average Bonchev–Trinajstić information content (AvgIpc) is 2.89. The van der Waals surface area contributed by atoms with E-state index in [1.165, 1.54) is 11.8 Å². The van der Waals surface area contributed by atoms with Crippen molar-refractivity contribution in [2.75, 3.05) is 5.75 Å². The lowest BCUT2D eigenvalue weighted by atomic mass is 10.0. The number of hydrogen-bond donors (Lipinski definition) is 2. The molecule has 2 atom stereocenters. The molecule has 0 fully saturated rings. The van der Waals surface area contributed by atoms with Crippen LogP contribution in [0.4, 0.5) is 0 Å². The molecule has 1 rings (SSSR count). The standard InChI is InChI=1S/C14H21NO3S2/c1-10(14(17)18)5-3-6-11(2)15-12(16)9-20-13-7-4-8-19-13/h4,7-8,10-11H,3,5-6,9H2,1-2H3,(H,15,16)(H,17,18). The predicted molar refractivity (Wildman–Crippen MR) is 83.3 cm³/mol. The summed E-state index contributed by atoms with van der Waals surface area (Å²) in [5, 5.41) is 13.7. The SMILES string of the molecule is CC(CCCC(C)C(=O)O)NC(=O)CSc1cccs1. The van der Waals surface area contributed by atoms with Crippen LogP contribution in [0.5, 0.6) is 0 Å². The van der Waals surface area contributed by atoms with Crippen molar-refractivity contribution in [2.24, 2.45) is 5.92 Å². The van der Waals surface area contributed by atoms with Crippen LogP contribution in [0, 0.1) is 5.92 Å². The fourth-order valence-electron chi connectivity index (χ4n) is 1.72. The third-order valence-corrected chi connectivity index (χ3v) is 5.07. The minimum Gasteiger partial charge on any atom is -0.481 e. The van der Waals surface area contributed by atoms with Gasteiger partial charge in [0.05, 0.1) is 15.9 Å². The number of amides is 1. The molecule has 112 valence electrons. The Balaban J connectivity index is 2.13. The maximum Gasteiger partial charge on any atom is 0.306 e. The first-order valence-electron chi connectivity index (χ1n) is 6.67. The zero-order chi connectivity index (χ0) is 15.0. The maximum absolute atomic E-state index is 11.7. The summed E-state index contributed by atoms with van der Waals surface area (Å²) in [4.78, 5) is 22.4. The Morgan fingerprint density at radius 2 is 2.15 bits per heavy atom. The highest BCUT2D eigenvalue weighted by Gasteiger charge is 2.12. The molecule has 0 aromatic carbocycles. The second-order valence-corrected chi connectivity index (χ2v) is 7.08.